The maximum atomic E-state index is 9.79. The smallest absolute Gasteiger partial charge is 0.0992 e. The second-order valence-electron chi connectivity index (χ2n) is 4.46. The van der Waals surface area contributed by atoms with E-state index in [2.05, 4.69) is 18.2 Å². The fraction of sp³-hybridized carbons (Fsp3) is 0.188. The zero-order valence-corrected chi connectivity index (χ0v) is 11.7. The summed E-state index contributed by atoms with van der Waals surface area (Å²) in [6, 6.07) is 15.7. The molecule has 2 nitrogen and oxygen atoms in total. The highest BCUT2D eigenvalue weighted by Crippen LogP contribution is 2.34. The summed E-state index contributed by atoms with van der Waals surface area (Å²) in [5.74, 6) is 0. The molecule has 0 unspecified atom stereocenters. The monoisotopic (exact) mass is 269 g/mol. The first kappa shape index (κ1) is 13.7. The quantitative estimate of drug-likeness (QED) is 0.913. The van der Waals surface area contributed by atoms with Crippen molar-refractivity contribution in [2.75, 3.05) is 0 Å². The van der Waals surface area contributed by atoms with Crippen LogP contribution in [0.25, 0.3) is 0 Å². The summed E-state index contributed by atoms with van der Waals surface area (Å²) >= 11 is 1.57. The van der Waals surface area contributed by atoms with Gasteiger partial charge in [-0.15, -0.1) is 0 Å². The normalized spacial score (nSPS) is 11.9. The van der Waals surface area contributed by atoms with E-state index < -0.39 is 6.10 Å². The molecule has 0 aliphatic carbocycles. The van der Waals surface area contributed by atoms with Gasteiger partial charge in [0.15, 0.2) is 0 Å². The van der Waals surface area contributed by atoms with Crippen molar-refractivity contribution < 1.29 is 5.11 Å². The van der Waals surface area contributed by atoms with Crippen LogP contribution in [0.5, 0.6) is 0 Å². The summed E-state index contributed by atoms with van der Waals surface area (Å²) < 4.78 is 0. The molecule has 96 valence electrons. The molecule has 0 aromatic heterocycles. The maximum absolute atomic E-state index is 9.79. The molecular weight excluding hydrogens is 254 g/mol. The summed E-state index contributed by atoms with van der Waals surface area (Å²) in [6.07, 6.45) is -0.541. The number of hydrogen-bond acceptors (Lipinski definition) is 3. The summed E-state index contributed by atoms with van der Waals surface area (Å²) in [6.45, 7) is 3.78. The Morgan fingerprint density at radius 2 is 1.84 bits per heavy atom. The van der Waals surface area contributed by atoms with E-state index in [-0.39, 0.29) is 0 Å². The average molecular weight is 269 g/mol. The zero-order valence-electron chi connectivity index (χ0n) is 10.9. The largest absolute Gasteiger partial charge is 0.389 e. The van der Waals surface area contributed by atoms with Crippen LogP contribution in [0, 0.1) is 18.3 Å². The Bertz CT molecular complexity index is 612. The fourth-order valence-corrected chi connectivity index (χ4v) is 2.84. The third-order valence-corrected chi connectivity index (χ3v) is 3.92. The first-order valence-electron chi connectivity index (χ1n) is 6.07. The topological polar surface area (TPSA) is 44.0 Å². The van der Waals surface area contributed by atoms with Crippen LogP contribution in [0.4, 0.5) is 0 Å². The molecule has 2 aromatic rings. The molecule has 19 heavy (non-hydrogen) atoms. The molecule has 1 atom stereocenters. The average Bonchev–Trinajstić information content (AvgIpc) is 2.41. The van der Waals surface area contributed by atoms with Gasteiger partial charge in [0, 0.05) is 9.79 Å². The van der Waals surface area contributed by atoms with Crippen molar-refractivity contribution in [2.24, 2.45) is 0 Å². The molecular formula is C16H15NOS. The Morgan fingerprint density at radius 3 is 2.42 bits per heavy atom. The van der Waals surface area contributed by atoms with E-state index in [1.807, 2.05) is 31.2 Å². The molecule has 0 radical (unpaired) electrons. The highest BCUT2D eigenvalue weighted by molar-refractivity contribution is 7.99. The molecule has 0 fully saturated rings. The molecule has 0 bridgehead atoms. The number of aliphatic hydroxyl groups is 1. The van der Waals surface area contributed by atoms with Gasteiger partial charge in [-0.05, 0) is 43.7 Å². The van der Waals surface area contributed by atoms with E-state index in [1.54, 1.807) is 24.8 Å². The zero-order chi connectivity index (χ0) is 13.8. The Morgan fingerprint density at radius 1 is 1.16 bits per heavy atom. The van der Waals surface area contributed by atoms with Gasteiger partial charge in [0.1, 0.15) is 0 Å². The van der Waals surface area contributed by atoms with Crippen LogP contribution in [0.15, 0.2) is 52.3 Å². The Hall–Kier alpha value is -1.76. The van der Waals surface area contributed by atoms with E-state index in [0.29, 0.717) is 5.56 Å². The lowest BCUT2D eigenvalue weighted by Gasteiger charge is -2.12. The van der Waals surface area contributed by atoms with Crippen molar-refractivity contribution in [3.05, 3.63) is 59.2 Å². The summed E-state index contributed by atoms with van der Waals surface area (Å²) in [7, 11) is 0. The Labute approximate surface area is 117 Å². The van der Waals surface area contributed by atoms with Crippen molar-refractivity contribution in [2.45, 2.75) is 29.7 Å². The van der Waals surface area contributed by atoms with Crippen LogP contribution in [0.1, 0.15) is 29.7 Å². The number of benzene rings is 2. The van der Waals surface area contributed by atoms with Gasteiger partial charge >= 0.3 is 0 Å². The predicted octanol–water partition coefficient (Wildman–Crippen LogP) is 4.07. The van der Waals surface area contributed by atoms with Crippen molar-refractivity contribution >= 4 is 11.8 Å². The lowest BCUT2D eigenvalue weighted by molar-refractivity contribution is 0.196. The van der Waals surface area contributed by atoms with Gasteiger partial charge in [0.2, 0.25) is 0 Å². The number of nitrogens with zero attached hydrogens (tertiary/aromatic N) is 1. The molecule has 0 saturated carbocycles. The SMILES string of the molecule is Cc1ccc(Sc2cc(C#N)ccc2[C@@H](C)O)cc1. The van der Waals surface area contributed by atoms with Gasteiger partial charge < -0.3 is 5.11 Å². The molecule has 0 amide bonds. The molecule has 2 aromatic carbocycles. The minimum atomic E-state index is -0.541. The van der Waals surface area contributed by atoms with Crippen molar-refractivity contribution in [3.8, 4) is 6.07 Å². The lowest BCUT2D eigenvalue weighted by Crippen LogP contribution is -1.94. The third-order valence-electron chi connectivity index (χ3n) is 2.84. The van der Waals surface area contributed by atoms with E-state index in [9.17, 15) is 5.11 Å². The highest BCUT2D eigenvalue weighted by atomic mass is 32.2. The summed E-state index contributed by atoms with van der Waals surface area (Å²) in [4.78, 5) is 2.03. The van der Waals surface area contributed by atoms with Gasteiger partial charge in [-0.1, -0.05) is 35.5 Å². The van der Waals surface area contributed by atoms with Crippen LogP contribution in [0.2, 0.25) is 0 Å². The van der Waals surface area contributed by atoms with Crippen LogP contribution < -0.4 is 0 Å². The predicted molar refractivity (Wildman–Crippen MR) is 77.1 cm³/mol. The second-order valence-corrected chi connectivity index (χ2v) is 5.57. The Kier molecular flexibility index (Phi) is 4.26. The van der Waals surface area contributed by atoms with Crippen LogP contribution in [0.3, 0.4) is 0 Å². The number of nitriles is 1. The summed E-state index contributed by atoms with van der Waals surface area (Å²) in [5, 5.41) is 18.8. The fourth-order valence-electron chi connectivity index (χ4n) is 1.77. The van der Waals surface area contributed by atoms with E-state index >= 15 is 0 Å². The third kappa shape index (κ3) is 3.37. The number of aliphatic hydroxyl groups excluding tert-OH is 1. The van der Waals surface area contributed by atoms with Crippen molar-refractivity contribution in [1.82, 2.24) is 0 Å². The number of rotatable bonds is 3. The van der Waals surface area contributed by atoms with Crippen LogP contribution >= 0.6 is 11.8 Å². The van der Waals surface area contributed by atoms with Crippen molar-refractivity contribution in [3.63, 3.8) is 0 Å². The summed E-state index contributed by atoms with van der Waals surface area (Å²) in [5.41, 5.74) is 2.68. The molecule has 0 aliphatic heterocycles. The highest BCUT2D eigenvalue weighted by Gasteiger charge is 2.10. The second kappa shape index (κ2) is 5.92. The Balaban J connectivity index is 2.37. The lowest BCUT2D eigenvalue weighted by atomic mass is 10.1. The number of hydrogen-bond donors (Lipinski definition) is 1. The molecule has 3 heteroatoms. The molecule has 0 spiro atoms. The first-order valence-corrected chi connectivity index (χ1v) is 6.88. The molecule has 0 aliphatic rings. The van der Waals surface area contributed by atoms with Crippen molar-refractivity contribution in [1.29, 1.82) is 5.26 Å². The molecule has 0 saturated heterocycles. The minimum absolute atomic E-state index is 0.541. The van der Waals surface area contributed by atoms with Gasteiger partial charge in [-0.3, -0.25) is 0 Å². The van der Waals surface area contributed by atoms with E-state index in [0.717, 1.165) is 15.4 Å². The standard InChI is InChI=1S/C16H15NOS/c1-11-3-6-14(7-4-11)19-16-9-13(10-17)5-8-15(16)12(2)18/h3-9,12,18H,1-2H3/t12-/m1/s1. The van der Waals surface area contributed by atoms with Gasteiger partial charge in [-0.25, -0.2) is 0 Å². The molecule has 1 N–H and O–H groups in total. The van der Waals surface area contributed by atoms with E-state index in [4.69, 9.17) is 5.26 Å². The number of aryl methyl sites for hydroxylation is 1. The van der Waals surface area contributed by atoms with Crippen LogP contribution in [-0.4, -0.2) is 5.11 Å². The van der Waals surface area contributed by atoms with Gasteiger partial charge in [0.25, 0.3) is 0 Å². The van der Waals surface area contributed by atoms with Gasteiger partial charge in [0.05, 0.1) is 17.7 Å². The first-order chi connectivity index (χ1) is 9.10. The molecule has 0 heterocycles. The van der Waals surface area contributed by atoms with E-state index in [1.165, 1.54) is 5.56 Å². The van der Waals surface area contributed by atoms with Crippen LogP contribution in [-0.2, 0) is 0 Å². The minimum Gasteiger partial charge on any atom is -0.389 e. The molecule has 2 rings (SSSR count). The van der Waals surface area contributed by atoms with Gasteiger partial charge in [-0.2, -0.15) is 5.26 Å². The maximum Gasteiger partial charge on any atom is 0.0992 e.